The molecule has 0 aliphatic carbocycles. The zero-order chi connectivity index (χ0) is 12.0. The third kappa shape index (κ3) is 4.63. The lowest BCUT2D eigenvalue weighted by Crippen LogP contribution is -2.32. The van der Waals surface area contributed by atoms with E-state index in [0.29, 0.717) is 18.8 Å². The minimum Gasteiger partial charge on any atom is -0.396 e. The number of rotatable bonds is 7. The Kier molecular flexibility index (Phi) is 5.28. The van der Waals surface area contributed by atoms with Gasteiger partial charge in [0.2, 0.25) is 0 Å². The van der Waals surface area contributed by atoms with Crippen LogP contribution in [-0.2, 0) is 6.54 Å². The third-order valence-corrected chi connectivity index (χ3v) is 2.47. The Morgan fingerprint density at radius 2 is 2.38 bits per heavy atom. The fraction of sp³-hybridized carbons (Fsp3) is 0.727. The highest BCUT2D eigenvalue weighted by atomic mass is 16.3. The number of nitrogens with zero attached hydrogens (tertiary/aromatic N) is 3. The largest absolute Gasteiger partial charge is 0.396 e. The van der Waals surface area contributed by atoms with Gasteiger partial charge in [-0.2, -0.15) is 5.10 Å². The third-order valence-electron chi connectivity index (χ3n) is 2.47. The molecule has 1 unspecified atom stereocenters. The van der Waals surface area contributed by atoms with Crippen molar-refractivity contribution in [2.24, 2.45) is 0 Å². The molecule has 0 amide bonds. The van der Waals surface area contributed by atoms with Crippen molar-refractivity contribution in [3.63, 3.8) is 0 Å². The van der Waals surface area contributed by atoms with Crippen LogP contribution in [0.15, 0.2) is 12.4 Å². The van der Waals surface area contributed by atoms with Gasteiger partial charge in [0.25, 0.3) is 0 Å². The van der Waals surface area contributed by atoms with E-state index in [2.05, 4.69) is 16.9 Å². The Balaban J connectivity index is 2.27. The van der Waals surface area contributed by atoms with E-state index in [1.54, 1.807) is 17.1 Å². The number of unbranched alkanes of at least 4 members (excludes halogenated alkanes) is 1. The first-order valence-electron chi connectivity index (χ1n) is 5.76. The molecule has 16 heavy (non-hydrogen) atoms. The van der Waals surface area contributed by atoms with Gasteiger partial charge in [0.05, 0.1) is 24.5 Å². The maximum Gasteiger partial charge on any atom is 0.0862 e. The van der Waals surface area contributed by atoms with Gasteiger partial charge in [-0.3, -0.25) is 4.68 Å². The fourth-order valence-electron chi connectivity index (χ4n) is 1.63. The van der Waals surface area contributed by atoms with Gasteiger partial charge in [-0.25, -0.2) is 0 Å². The van der Waals surface area contributed by atoms with Gasteiger partial charge in [0.15, 0.2) is 0 Å². The summed E-state index contributed by atoms with van der Waals surface area (Å²) in [6.07, 6.45) is 5.26. The van der Waals surface area contributed by atoms with E-state index in [1.807, 2.05) is 7.05 Å². The molecule has 5 heteroatoms. The highest BCUT2D eigenvalue weighted by Gasteiger charge is 2.09. The van der Waals surface area contributed by atoms with E-state index in [9.17, 15) is 5.11 Å². The van der Waals surface area contributed by atoms with E-state index >= 15 is 0 Å². The average molecular weight is 226 g/mol. The molecule has 0 aliphatic rings. The predicted molar refractivity (Wildman–Crippen MR) is 65.1 cm³/mol. The standard InChI is InChI=1S/C11H22N4O/c1-3-4-5-14(2)8-11(16)9-15-7-10(12)6-13-15/h6-7,11,16H,3-5,8-9,12H2,1-2H3. The Labute approximate surface area is 96.9 Å². The lowest BCUT2D eigenvalue weighted by atomic mass is 10.3. The minimum atomic E-state index is -0.402. The molecule has 0 fully saturated rings. The second-order valence-electron chi connectivity index (χ2n) is 4.27. The van der Waals surface area contributed by atoms with Crippen molar-refractivity contribution < 1.29 is 5.11 Å². The van der Waals surface area contributed by atoms with Crippen LogP contribution >= 0.6 is 0 Å². The van der Waals surface area contributed by atoms with Crippen molar-refractivity contribution in [1.29, 1.82) is 0 Å². The molecule has 1 rings (SSSR count). The van der Waals surface area contributed by atoms with Crippen molar-refractivity contribution in [3.05, 3.63) is 12.4 Å². The van der Waals surface area contributed by atoms with Crippen LogP contribution in [0.4, 0.5) is 5.69 Å². The smallest absolute Gasteiger partial charge is 0.0862 e. The number of likely N-dealkylation sites (N-methyl/N-ethyl adjacent to an activating group) is 1. The fourth-order valence-corrected chi connectivity index (χ4v) is 1.63. The Morgan fingerprint density at radius 1 is 1.62 bits per heavy atom. The maximum absolute atomic E-state index is 9.84. The lowest BCUT2D eigenvalue weighted by molar-refractivity contribution is 0.106. The molecule has 1 atom stereocenters. The van der Waals surface area contributed by atoms with Crippen LogP contribution in [0.3, 0.4) is 0 Å². The molecule has 1 aromatic heterocycles. The Hall–Kier alpha value is -1.07. The Bertz CT molecular complexity index is 300. The molecule has 3 N–H and O–H groups in total. The number of nitrogen functional groups attached to an aromatic ring is 1. The number of hydrogen-bond acceptors (Lipinski definition) is 4. The van der Waals surface area contributed by atoms with Crippen molar-refractivity contribution in [3.8, 4) is 0 Å². The number of hydrogen-bond donors (Lipinski definition) is 2. The van der Waals surface area contributed by atoms with Crippen molar-refractivity contribution in [2.45, 2.75) is 32.4 Å². The van der Waals surface area contributed by atoms with E-state index in [0.717, 1.165) is 13.0 Å². The molecular formula is C11H22N4O. The first-order chi connectivity index (χ1) is 7.61. The maximum atomic E-state index is 9.84. The molecule has 92 valence electrons. The van der Waals surface area contributed by atoms with Crippen LogP contribution in [0.1, 0.15) is 19.8 Å². The summed E-state index contributed by atoms with van der Waals surface area (Å²) < 4.78 is 1.67. The molecule has 0 bridgehead atoms. The Morgan fingerprint density at radius 3 is 2.94 bits per heavy atom. The summed E-state index contributed by atoms with van der Waals surface area (Å²) in [5.74, 6) is 0. The van der Waals surface area contributed by atoms with Gasteiger partial charge >= 0.3 is 0 Å². The first kappa shape index (κ1) is 13.0. The average Bonchev–Trinajstić information content (AvgIpc) is 2.60. The SMILES string of the molecule is CCCCN(C)CC(O)Cn1cc(N)cn1. The van der Waals surface area contributed by atoms with Gasteiger partial charge in [0, 0.05) is 12.7 Å². The van der Waals surface area contributed by atoms with Crippen LogP contribution in [0.2, 0.25) is 0 Å². The van der Waals surface area contributed by atoms with Gasteiger partial charge < -0.3 is 15.7 Å². The number of aliphatic hydroxyl groups excluding tert-OH is 1. The summed E-state index contributed by atoms with van der Waals surface area (Å²) in [6.45, 7) is 4.35. The second-order valence-corrected chi connectivity index (χ2v) is 4.27. The van der Waals surface area contributed by atoms with Gasteiger partial charge in [-0.15, -0.1) is 0 Å². The van der Waals surface area contributed by atoms with E-state index in [1.165, 1.54) is 6.42 Å². The molecular weight excluding hydrogens is 204 g/mol. The van der Waals surface area contributed by atoms with Crippen molar-refractivity contribution in [1.82, 2.24) is 14.7 Å². The predicted octanol–water partition coefficient (Wildman–Crippen LogP) is 0.558. The molecule has 0 radical (unpaired) electrons. The van der Waals surface area contributed by atoms with Crippen LogP contribution < -0.4 is 5.73 Å². The highest BCUT2D eigenvalue weighted by Crippen LogP contribution is 2.01. The van der Waals surface area contributed by atoms with Crippen LogP contribution in [0, 0.1) is 0 Å². The number of aliphatic hydroxyl groups is 1. The number of aromatic nitrogens is 2. The summed E-state index contributed by atoms with van der Waals surface area (Å²) in [5.41, 5.74) is 6.18. The van der Waals surface area contributed by atoms with Gasteiger partial charge in [0.1, 0.15) is 0 Å². The molecule has 5 nitrogen and oxygen atoms in total. The van der Waals surface area contributed by atoms with Gasteiger partial charge in [-0.05, 0) is 20.0 Å². The van der Waals surface area contributed by atoms with Crippen molar-refractivity contribution in [2.75, 3.05) is 25.9 Å². The molecule has 0 saturated carbocycles. The summed E-state index contributed by atoms with van der Waals surface area (Å²) in [7, 11) is 2.02. The number of anilines is 1. The molecule has 0 saturated heterocycles. The van der Waals surface area contributed by atoms with E-state index in [-0.39, 0.29) is 0 Å². The van der Waals surface area contributed by atoms with Crippen LogP contribution in [0.5, 0.6) is 0 Å². The zero-order valence-electron chi connectivity index (χ0n) is 10.1. The summed E-state index contributed by atoms with van der Waals surface area (Å²) in [4.78, 5) is 2.14. The lowest BCUT2D eigenvalue weighted by Gasteiger charge is -2.20. The van der Waals surface area contributed by atoms with Crippen LogP contribution in [0.25, 0.3) is 0 Å². The number of nitrogens with two attached hydrogens (primary N) is 1. The summed E-state index contributed by atoms with van der Waals surface area (Å²) in [5, 5.41) is 13.9. The van der Waals surface area contributed by atoms with Gasteiger partial charge in [-0.1, -0.05) is 13.3 Å². The summed E-state index contributed by atoms with van der Waals surface area (Å²) in [6, 6.07) is 0. The quantitative estimate of drug-likeness (QED) is 0.713. The minimum absolute atomic E-state index is 0.402. The van der Waals surface area contributed by atoms with Crippen LogP contribution in [-0.4, -0.2) is 46.0 Å². The van der Waals surface area contributed by atoms with E-state index < -0.39 is 6.10 Å². The normalized spacial score (nSPS) is 13.2. The molecule has 0 aromatic carbocycles. The topological polar surface area (TPSA) is 67.3 Å². The molecule has 1 aromatic rings. The second kappa shape index (κ2) is 6.50. The highest BCUT2D eigenvalue weighted by molar-refractivity contribution is 5.30. The zero-order valence-corrected chi connectivity index (χ0v) is 10.1. The van der Waals surface area contributed by atoms with Crippen molar-refractivity contribution >= 4 is 5.69 Å². The molecule has 0 spiro atoms. The first-order valence-corrected chi connectivity index (χ1v) is 5.76. The summed E-state index contributed by atoms with van der Waals surface area (Å²) >= 11 is 0. The molecule has 0 aliphatic heterocycles. The molecule has 1 heterocycles. The van der Waals surface area contributed by atoms with E-state index in [4.69, 9.17) is 5.73 Å². The monoisotopic (exact) mass is 226 g/mol.